The minimum atomic E-state index is 0.289. The maximum absolute atomic E-state index is 6.05. The Morgan fingerprint density at radius 3 is 2.09 bits per heavy atom. The second-order valence-corrected chi connectivity index (χ2v) is 3.99. The molecule has 0 saturated carbocycles. The lowest BCUT2D eigenvalue weighted by Gasteiger charge is -2.15. The smallest absolute Gasteiger partial charge is 0.0350 e. The topological polar surface area (TPSA) is 0 Å². The first-order valence-electron chi connectivity index (χ1n) is 4.44. The van der Waals surface area contributed by atoms with Crippen molar-refractivity contribution in [3.63, 3.8) is 0 Å². The Labute approximate surface area is 80.3 Å². The van der Waals surface area contributed by atoms with Crippen molar-refractivity contribution in [3.8, 4) is 0 Å². The molecule has 0 N–H and O–H groups in total. The Hall–Kier alpha value is 0.580. The fraction of sp³-hybridized carbons (Fsp3) is 1.00. The molecule has 0 aromatic heterocycles. The van der Waals surface area contributed by atoms with Crippen LogP contribution in [0.3, 0.4) is 0 Å². The van der Waals surface area contributed by atoms with Crippen LogP contribution in [-0.2, 0) is 0 Å². The quantitative estimate of drug-likeness (QED) is 0.563. The van der Waals surface area contributed by atoms with Gasteiger partial charge in [-0.1, -0.05) is 26.7 Å². The zero-order chi connectivity index (χ0) is 8.69. The highest BCUT2D eigenvalue weighted by Gasteiger charge is 2.10. The summed E-state index contributed by atoms with van der Waals surface area (Å²) in [7, 11) is 0. The Kier molecular flexibility index (Phi) is 7.62. The van der Waals surface area contributed by atoms with Gasteiger partial charge in [-0.15, -0.1) is 23.2 Å². The van der Waals surface area contributed by atoms with Crippen molar-refractivity contribution in [3.05, 3.63) is 0 Å². The third kappa shape index (κ3) is 5.81. The van der Waals surface area contributed by atoms with Crippen molar-refractivity contribution >= 4 is 23.2 Å². The van der Waals surface area contributed by atoms with Gasteiger partial charge in [-0.25, -0.2) is 0 Å². The largest absolute Gasteiger partial charge is 0.127 e. The Balaban J connectivity index is 3.44. The summed E-state index contributed by atoms with van der Waals surface area (Å²) in [6, 6.07) is 0. The van der Waals surface area contributed by atoms with Crippen molar-refractivity contribution in [1.82, 2.24) is 0 Å². The summed E-state index contributed by atoms with van der Waals surface area (Å²) in [6.45, 7) is 4.44. The van der Waals surface area contributed by atoms with Gasteiger partial charge in [0.15, 0.2) is 0 Å². The molecule has 0 aromatic carbocycles. The highest BCUT2D eigenvalue weighted by Crippen LogP contribution is 2.20. The summed E-state index contributed by atoms with van der Waals surface area (Å²) < 4.78 is 0. The van der Waals surface area contributed by atoms with Gasteiger partial charge in [0.25, 0.3) is 0 Å². The summed E-state index contributed by atoms with van der Waals surface area (Å²) in [5.41, 5.74) is 0. The second kappa shape index (κ2) is 7.24. The van der Waals surface area contributed by atoms with Crippen molar-refractivity contribution in [2.75, 3.05) is 5.88 Å². The average molecular weight is 197 g/mol. The summed E-state index contributed by atoms with van der Waals surface area (Å²) in [5, 5.41) is 0.289. The molecule has 0 heterocycles. The van der Waals surface area contributed by atoms with Crippen molar-refractivity contribution < 1.29 is 0 Å². The van der Waals surface area contributed by atoms with E-state index in [1.165, 1.54) is 12.8 Å². The van der Waals surface area contributed by atoms with E-state index in [2.05, 4.69) is 13.8 Å². The van der Waals surface area contributed by atoms with Gasteiger partial charge in [0.2, 0.25) is 0 Å². The Morgan fingerprint density at radius 2 is 1.73 bits per heavy atom. The van der Waals surface area contributed by atoms with E-state index in [0.29, 0.717) is 5.88 Å². The molecule has 11 heavy (non-hydrogen) atoms. The van der Waals surface area contributed by atoms with Gasteiger partial charge < -0.3 is 0 Å². The monoisotopic (exact) mass is 196 g/mol. The first kappa shape index (κ1) is 11.6. The van der Waals surface area contributed by atoms with Crippen molar-refractivity contribution in [1.29, 1.82) is 0 Å². The predicted molar refractivity (Wildman–Crippen MR) is 53.7 cm³/mol. The van der Waals surface area contributed by atoms with Gasteiger partial charge in [0.1, 0.15) is 0 Å². The number of hydrogen-bond acceptors (Lipinski definition) is 0. The molecule has 1 atom stereocenters. The van der Waals surface area contributed by atoms with E-state index in [0.717, 1.165) is 18.8 Å². The lowest BCUT2D eigenvalue weighted by atomic mass is 9.97. The summed E-state index contributed by atoms with van der Waals surface area (Å²) in [6.07, 6.45) is 4.55. The number of rotatable bonds is 6. The van der Waals surface area contributed by atoms with E-state index in [4.69, 9.17) is 23.2 Å². The van der Waals surface area contributed by atoms with Crippen LogP contribution in [0.25, 0.3) is 0 Å². The molecule has 0 rings (SSSR count). The molecule has 0 aliphatic heterocycles. The Morgan fingerprint density at radius 1 is 1.18 bits per heavy atom. The number of halogens is 2. The van der Waals surface area contributed by atoms with Gasteiger partial charge >= 0.3 is 0 Å². The fourth-order valence-electron chi connectivity index (χ4n) is 1.22. The normalized spacial score (nSPS) is 13.9. The van der Waals surface area contributed by atoms with Crippen LogP contribution < -0.4 is 0 Å². The van der Waals surface area contributed by atoms with E-state index < -0.39 is 0 Å². The molecule has 0 spiro atoms. The maximum atomic E-state index is 6.05. The zero-order valence-electron chi connectivity index (χ0n) is 7.45. The van der Waals surface area contributed by atoms with Crippen LogP contribution in [0.15, 0.2) is 0 Å². The molecule has 1 unspecified atom stereocenters. The van der Waals surface area contributed by atoms with Crippen LogP contribution in [0, 0.1) is 5.92 Å². The van der Waals surface area contributed by atoms with E-state index in [9.17, 15) is 0 Å². The van der Waals surface area contributed by atoms with E-state index in [1.54, 1.807) is 0 Å². The van der Waals surface area contributed by atoms with Crippen LogP contribution in [0.2, 0.25) is 0 Å². The molecule has 0 radical (unpaired) electrons. The molecule has 0 amide bonds. The SMILES string of the molecule is CCC(CC)CC(Cl)CCCl. The molecular weight excluding hydrogens is 179 g/mol. The molecule has 0 nitrogen and oxygen atoms in total. The molecule has 68 valence electrons. The molecular formula is C9H18Cl2. The van der Waals surface area contributed by atoms with Crippen LogP contribution in [-0.4, -0.2) is 11.3 Å². The molecule has 0 aromatic rings. The number of hydrogen-bond donors (Lipinski definition) is 0. The van der Waals surface area contributed by atoms with Gasteiger partial charge in [-0.3, -0.25) is 0 Å². The fourth-order valence-corrected chi connectivity index (χ4v) is 1.96. The predicted octanol–water partition coefficient (Wildman–Crippen LogP) is 4.05. The van der Waals surface area contributed by atoms with E-state index in [1.807, 2.05) is 0 Å². The summed E-state index contributed by atoms with van der Waals surface area (Å²) in [5.74, 6) is 1.48. The first-order chi connectivity index (χ1) is 5.24. The summed E-state index contributed by atoms with van der Waals surface area (Å²) >= 11 is 11.6. The van der Waals surface area contributed by atoms with Crippen LogP contribution in [0.4, 0.5) is 0 Å². The molecule has 0 aliphatic rings. The average Bonchev–Trinajstić information content (AvgIpc) is 2.01. The lowest BCUT2D eigenvalue weighted by Crippen LogP contribution is -2.07. The van der Waals surface area contributed by atoms with E-state index in [-0.39, 0.29) is 5.38 Å². The van der Waals surface area contributed by atoms with Crippen LogP contribution in [0.5, 0.6) is 0 Å². The van der Waals surface area contributed by atoms with Crippen molar-refractivity contribution in [2.45, 2.75) is 44.9 Å². The molecule has 0 bridgehead atoms. The standard InChI is InChI=1S/C9H18Cl2/c1-3-8(4-2)7-9(11)5-6-10/h8-9H,3-7H2,1-2H3. The molecule has 0 saturated heterocycles. The van der Waals surface area contributed by atoms with E-state index >= 15 is 0 Å². The first-order valence-corrected chi connectivity index (χ1v) is 5.41. The van der Waals surface area contributed by atoms with Gasteiger partial charge in [-0.05, 0) is 18.8 Å². The van der Waals surface area contributed by atoms with Crippen LogP contribution >= 0.6 is 23.2 Å². The van der Waals surface area contributed by atoms with Gasteiger partial charge in [-0.2, -0.15) is 0 Å². The zero-order valence-corrected chi connectivity index (χ0v) is 8.96. The molecule has 0 fully saturated rings. The molecule has 0 aliphatic carbocycles. The van der Waals surface area contributed by atoms with Crippen molar-refractivity contribution in [2.24, 2.45) is 5.92 Å². The Bertz CT molecular complexity index is 79.6. The minimum Gasteiger partial charge on any atom is -0.127 e. The maximum Gasteiger partial charge on any atom is 0.0350 e. The van der Waals surface area contributed by atoms with Gasteiger partial charge in [0, 0.05) is 11.3 Å². The van der Waals surface area contributed by atoms with Crippen LogP contribution in [0.1, 0.15) is 39.5 Å². The highest BCUT2D eigenvalue weighted by atomic mass is 35.5. The summed E-state index contributed by atoms with van der Waals surface area (Å²) in [4.78, 5) is 0. The third-order valence-corrected chi connectivity index (χ3v) is 2.78. The molecule has 2 heteroatoms. The van der Waals surface area contributed by atoms with Gasteiger partial charge in [0.05, 0.1) is 0 Å². The second-order valence-electron chi connectivity index (χ2n) is 2.99. The highest BCUT2D eigenvalue weighted by molar-refractivity contribution is 6.22. The number of alkyl halides is 2. The lowest BCUT2D eigenvalue weighted by molar-refractivity contribution is 0.443. The third-order valence-electron chi connectivity index (χ3n) is 2.17. The minimum absolute atomic E-state index is 0.289.